The maximum atomic E-state index is 14.1. The summed E-state index contributed by atoms with van der Waals surface area (Å²) < 4.78 is 25.9. The summed E-state index contributed by atoms with van der Waals surface area (Å²) >= 11 is 1.57. The average Bonchev–Trinajstić information content (AvgIpc) is 4.35. The van der Waals surface area contributed by atoms with Gasteiger partial charge in [0.2, 0.25) is 23.3 Å². The number of carbonyl (C=O) groups is 4. The van der Waals surface area contributed by atoms with Crippen LogP contribution in [0.5, 0.6) is 0 Å². The second-order valence-electron chi connectivity index (χ2n) is 22.1. The number of thiazole rings is 1. The van der Waals surface area contributed by atoms with Gasteiger partial charge >= 0.3 is 6.03 Å². The fraction of sp³-hybridized carbons (Fsp3) is 0.459. The van der Waals surface area contributed by atoms with Gasteiger partial charge in [-0.2, -0.15) is 10.4 Å². The standard InChI is InChI=1S/C61H76N12O10S/c1-41-56(84-40-66-41)46-9-6-42(7-10-46)32-64-58(77)52-30-51(74)38-72(52)59(78)57(61(2,3)4)69-54(75)39-83-29-28-82-27-26-81-25-24-80-23-22-71-36-44(35-67-71)34-65-60(79)73(49-16-11-45(12-17-49)47-13-21-55(76)70(5)37-47)50-18-14-48(15-19-50)68-53-20-8-43(31-62)33-63-53/h6-13,16-17,20-21,33,35-37,40,48,50-52,57,74H,14-15,18-19,22-30,32,34,38-39H2,1-5H3,(H,63,68)(H,64,77)(H,65,79)(H,69,75)/t48?,50?,51-,52+,57-/m1/s1. The van der Waals surface area contributed by atoms with E-state index in [1.807, 2.05) is 98.9 Å². The second-order valence-corrected chi connectivity index (χ2v) is 22.9. The molecule has 2 fully saturated rings. The number of hydrogen-bond donors (Lipinski definition) is 5. The lowest BCUT2D eigenvalue weighted by molar-refractivity contribution is -0.144. The number of carbonyl (C=O) groups excluding carboxylic acids is 4. The van der Waals surface area contributed by atoms with Crippen LogP contribution in [0, 0.1) is 23.7 Å². The molecular formula is C61H76N12O10S. The van der Waals surface area contributed by atoms with Crippen LogP contribution in [0.4, 0.5) is 16.3 Å². The number of aliphatic hydroxyl groups excluding tert-OH is 1. The Bertz CT molecular complexity index is 3220. The Morgan fingerprint density at radius 1 is 0.798 bits per heavy atom. The molecule has 0 unspecified atom stereocenters. The van der Waals surface area contributed by atoms with Crippen molar-refractivity contribution in [3.05, 3.63) is 136 Å². The van der Waals surface area contributed by atoms with E-state index in [0.717, 1.165) is 69.8 Å². The number of ether oxygens (including phenoxy) is 4. The van der Waals surface area contributed by atoms with E-state index in [-0.39, 0.29) is 75.5 Å². The first-order valence-electron chi connectivity index (χ1n) is 28.4. The Kier molecular flexibility index (Phi) is 22.3. The van der Waals surface area contributed by atoms with Gasteiger partial charge in [-0.1, -0.05) is 57.2 Å². The molecule has 4 aromatic heterocycles. The predicted octanol–water partition coefficient (Wildman–Crippen LogP) is 5.96. The molecular weight excluding hydrogens is 1090 g/mol. The molecule has 446 valence electrons. The lowest BCUT2D eigenvalue weighted by Gasteiger charge is -2.37. The molecule has 5 N–H and O–H groups in total. The maximum Gasteiger partial charge on any atom is 0.322 e. The number of aliphatic hydroxyl groups is 1. The van der Waals surface area contributed by atoms with Crippen LogP contribution in [-0.4, -0.2) is 148 Å². The van der Waals surface area contributed by atoms with Crippen molar-refractivity contribution in [1.82, 2.24) is 45.2 Å². The minimum atomic E-state index is -0.982. The molecule has 0 spiro atoms. The first kappa shape index (κ1) is 62.2. The van der Waals surface area contributed by atoms with E-state index < -0.39 is 35.4 Å². The molecule has 5 heterocycles. The predicted molar refractivity (Wildman–Crippen MR) is 318 cm³/mol. The number of nitriles is 1. The van der Waals surface area contributed by atoms with Gasteiger partial charge in [-0.3, -0.25) is 28.8 Å². The Hall–Kier alpha value is -7.85. The van der Waals surface area contributed by atoms with E-state index in [1.54, 1.807) is 64.4 Å². The zero-order chi connectivity index (χ0) is 59.6. The zero-order valence-electron chi connectivity index (χ0n) is 48.3. The number of pyridine rings is 2. The number of β-amino-alcohol motifs (C(OH)–C–C–N with tert-alkyl or cyclic N) is 1. The van der Waals surface area contributed by atoms with E-state index in [4.69, 9.17) is 24.2 Å². The summed E-state index contributed by atoms with van der Waals surface area (Å²) in [5.74, 6) is -0.620. The van der Waals surface area contributed by atoms with E-state index >= 15 is 0 Å². The summed E-state index contributed by atoms with van der Waals surface area (Å²) in [5, 5.41) is 36.5. The minimum absolute atomic E-state index is 0.0289. The summed E-state index contributed by atoms with van der Waals surface area (Å²) in [6, 6.07) is 22.7. The van der Waals surface area contributed by atoms with Gasteiger partial charge < -0.3 is 54.8 Å². The van der Waals surface area contributed by atoms with Gasteiger partial charge in [-0.15, -0.1) is 11.3 Å². The van der Waals surface area contributed by atoms with Crippen LogP contribution in [0.3, 0.4) is 0 Å². The molecule has 2 aliphatic rings. The summed E-state index contributed by atoms with van der Waals surface area (Å²) in [6.45, 7) is 10.2. The number of nitrogens with one attached hydrogen (secondary N) is 4. The van der Waals surface area contributed by atoms with Crippen molar-refractivity contribution < 1.29 is 43.2 Å². The molecule has 1 aliphatic heterocycles. The third-order valence-corrected chi connectivity index (χ3v) is 15.7. The van der Waals surface area contributed by atoms with E-state index in [2.05, 4.69) is 42.4 Å². The highest BCUT2D eigenvalue weighted by Crippen LogP contribution is 2.32. The SMILES string of the molecule is Cc1ncsc1-c1ccc(CNC(=O)[C@@H]2C[C@@H](O)CN2C(=O)[C@@H](NC(=O)COCCOCCOCCOCCn2cc(CNC(=O)N(c3ccc(-c4ccc(=O)n(C)c4)cc3)C3CCC(Nc4ccc(C#N)cn4)CC3)cn2)C(C)(C)C)cc1. The largest absolute Gasteiger partial charge is 0.391 e. The summed E-state index contributed by atoms with van der Waals surface area (Å²) in [7, 11) is 1.72. The van der Waals surface area contributed by atoms with Gasteiger partial charge in [-0.25, -0.2) is 14.8 Å². The molecule has 2 aromatic carbocycles. The Balaban J connectivity index is 0.689. The molecule has 0 bridgehead atoms. The van der Waals surface area contributed by atoms with Crippen molar-refractivity contribution in [2.75, 3.05) is 69.6 Å². The van der Waals surface area contributed by atoms with Crippen LogP contribution in [0.25, 0.3) is 21.6 Å². The van der Waals surface area contributed by atoms with Gasteiger partial charge in [0.25, 0.3) is 0 Å². The van der Waals surface area contributed by atoms with Crippen LogP contribution in [0.1, 0.15) is 75.3 Å². The lowest BCUT2D eigenvalue weighted by atomic mass is 9.85. The number of hydrogen-bond acceptors (Lipinski definition) is 16. The molecule has 1 saturated carbocycles. The normalized spacial score (nSPS) is 17.3. The van der Waals surface area contributed by atoms with Crippen LogP contribution in [-0.2, 0) is 60.0 Å². The second kappa shape index (κ2) is 30.1. The molecule has 22 nitrogen and oxygen atoms in total. The first-order chi connectivity index (χ1) is 40.5. The molecule has 0 radical (unpaired) electrons. The van der Waals surface area contributed by atoms with Crippen LogP contribution in [0.2, 0.25) is 0 Å². The molecule has 6 aromatic rings. The molecule has 23 heteroatoms. The number of rotatable bonds is 27. The summed E-state index contributed by atoms with van der Waals surface area (Å²) in [6.07, 6.45) is 9.33. The van der Waals surface area contributed by atoms with Crippen molar-refractivity contribution in [3.8, 4) is 27.6 Å². The molecule has 1 aliphatic carbocycles. The van der Waals surface area contributed by atoms with Crippen molar-refractivity contribution in [2.45, 2.75) is 110 Å². The highest BCUT2D eigenvalue weighted by Gasteiger charge is 2.44. The van der Waals surface area contributed by atoms with E-state index in [0.29, 0.717) is 51.0 Å². The summed E-state index contributed by atoms with van der Waals surface area (Å²) in [5.41, 5.74) is 7.81. The highest BCUT2D eigenvalue weighted by atomic mass is 32.1. The van der Waals surface area contributed by atoms with Gasteiger partial charge in [0, 0.05) is 81.1 Å². The van der Waals surface area contributed by atoms with Gasteiger partial charge in [0.1, 0.15) is 30.6 Å². The minimum Gasteiger partial charge on any atom is -0.391 e. The van der Waals surface area contributed by atoms with Crippen molar-refractivity contribution in [3.63, 3.8) is 0 Å². The van der Waals surface area contributed by atoms with Crippen LogP contribution < -0.4 is 31.7 Å². The van der Waals surface area contributed by atoms with Crippen LogP contribution in [0.15, 0.2) is 108 Å². The Morgan fingerprint density at radius 3 is 2.11 bits per heavy atom. The van der Waals surface area contributed by atoms with Gasteiger partial charge in [0.15, 0.2) is 0 Å². The number of aromatic nitrogens is 5. The number of urea groups is 1. The van der Waals surface area contributed by atoms with E-state index in [9.17, 15) is 29.1 Å². The van der Waals surface area contributed by atoms with Crippen molar-refractivity contribution >= 4 is 46.6 Å². The molecule has 84 heavy (non-hydrogen) atoms. The number of nitrogens with zero attached hydrogens (tertiary/aromatic N) is 8. The van der Waals surface area contributed by atoms with Gasteiger partial charge in [-0.05, 0) is 90.6 Å². The lowest BCUT2D eigenvalue weighted by Crippen LogP contribution is -2.58. The third-order valence-electron chi connectivity index (χ3n) is 14.7. The zero-order valence-corrected chi connectivity index (χ0v) is 49.1. The molecule has 1 saturated heterocycles. The number of amides is 5. The van der Waals surface area contributed by atoms with Crippen molar-refractivity contribution in [2.24, 2.45) is 12.5 Å². The quantitative estimate of drug-likeness (QED) is 0.0372. The van der Waals surface area contributed by atoms with Crippen molar-refractivity contribution in [1.29, 1.82) is 5.26 Å². The van der Waals surface area contributed by atoms with Crippen LogP contribution >= 0.6 is 11.3 Å². The molecule has 3 atom stereocenters. The fourth-order valence-electron chi connectivity index (χ4n) is 10.2. The average molecular weight is 1170 g/mol. The molecule has 8 rings (SSSR count). The summed E-state index contributed by atoms with van der Waals surface area (Å²) in [4.78, 5) is 79.6. The number of likely N-dealkylation sites (tertiary alicyclic amines) is 1. The maximum absolute atomic E-state index is 14.1. The smallest absolute Gasteiger partial charge is 0.322 e. The fourth-order valence-corrected chi connectivity index (χ4v) is 11.0. The topological polar surface area (TPSA) is 269 Å². The first-order valence-corrected chi connectivity index (χ1v) is 29.2. The van der Waals surface area contributed by atoms with E-state index in [1.165, 1.54) is 4.90 Å². The molecule has 5 amide bonds. The highest BCUT2D eigenvalue weighted by molar-refractivity contribution is 7.13. The number of aryl methyl sites for hydroxylation is 2. The number of benzene rings is 2. The monoisotopic (exact) mass is 1170 g/mol. The number of anilines is 2. The third kappa shape index (κ3) is 17.6. The van der Waals surface area contributed by atoms with Gasteiger partial charge in [0.05, 0.1) is 86.7 Å². The Labute approximate surface area is 493 Å². The Morgan fingerprint density at radius 2 is 1.46 bits per heavy atom.